The Balaban J connectivity index is 2.08. The number of nitrogens with zero attached hydrogens (tertiary/aromatic N) is 3. The van der Waals surface area contributed by atoms with Crippen molar-refractivity contribution in [3.8, 4) is 0 Å². The van der Waals surface area contributed by atoms with Gasteiger partial charge in [-0.3, -0.25) is 9.99 Å². The molecule has 1 atom stereocenters. The number of alkyl halides is 5. The molecule has 10 heteroatoms. The summed E-state index contributed by atoms with van der Waals surface area (Å²) in [5.41, 5.74) is -1.01. The van der Waals surface area contributed by atoms with E-state index in [2.05, 4.69) is 26.0 Å². The molecule has 0 saturated carbocycles. The number of rotatable bonds is 3. The number of hydrogen-bond donors (Lipinski definition) is 0. The van der Waals surface area contributed by atoms with Crippen molar-refractivity contribution in [2.45, 2.75) is 18.0 Å². The van der Waals surface area contributed by atoms with Crippen molar-refractivity contribution in [2.24, 2.45) is 5.10 Å². The van der Waals surface area contributed by atoms with Crippen molar-refractivity contribution in [3.05, 3.63) is 57.8 Å². The topological polar surface area (TPSA) is 28.5 Å². The third kappa shape index (κ3) is 3.42. The highest BCUT2D eigenvalue weighted by Gasteiger charge is 2.64. The van der Waals surface area contributed by atoms with Crippen molar-refractivity contribution in [1.29, 1.82) is 0 Å². The molecule has 2 aromatic rings. The molecular weight excluding hydrogens is 445 g/mol. The molecule has 26 heavy (non-hydrogen) atoms. The van der Waals surface area contributed by atoms with E-state index in [0.717, 1.165) is 5.01 Å². The predicted octanol–water partition coefficient (Wildman–Crippen LogP) is 5.65. The maximum atomic E-state index is 14.1. The molecular formula is C16H10BrClF5N3. The highest BCUT2D eigenvalue weighted by atomic mass is 79.9. The number of hydrogen-bond acceptors (Lipinski definition) is 3. The van der Waals surface area contributed by atoms with Crippen LogP contribution in [-0.2, 0) is 0 Å². The van der Waals surface area contributed by atoms with Gasteiger partial charge in [0.15, 0.2) is 0 Å². The Hall–Kier alpha value is -1.74. The van der Waals surface area contributed by atoms with Crippen molar-refractivity contribution in [1.82, 2.24) is 4.98 Å². The third-order valence-electron chi connectivity index (χ3n) is 3.83. The first kappa shape index (κ1) is 19.0. The van der Waals surface area contributed by atoms with E-state index < -0.39 is 23.7 Å². The number of pyridine rings is 1. The average Bonchev–Trinajstić information content (AvgIpc) is 3.00. The van der Waals surface area contributed by atoms with Gasteiger partial charge in [-0.05, 0) is 40.2 Å². The van der Waals surface area contributed by atoms with Gasteiger partial charge >= 0.3 is 12.1 Å². The van der Waals surface area contributed by atoms with Crippen LogP contribution in [0.25, 0.3) is 0 Å². The molecule has 1 aromatic carbocycles. The van der Waals surface area contributed by atoms with Gasteiger partial charge in [0.2, 0.25) is 0 Å². The highest BCUT2D eigenvalue weighted by molar-refractivity contribution is 9.10. The van der Waals surface area contributed by atoms with Gasteiger partial charge in [-0.2, -0.15) is 27.1 Å². The predicted molar refractivity (Wildman–Crippen MR) is 91.9 cm³/mol. The molecule has 1 aliphatic rings. The standard InChI is InChI=1S/C16H10BrClF5N3/c17-9-5-6-12(24-7-9)10-8-26(13-4-2-1-3-11(13)18)25-14(10)15(19,20)16(21,22)23/h1-7,10H,8H2. The SMILES string of the molecule is FC(F)(F)C(F)(F)C1=NN(c2ccccc2Cl)CC1c1ccc(Br)cn1. The highest BCUT2D eigenvalue weighted by Crippen LogP contribution is 2.44. The maximum Gasteiger partial charge on any atom is 0.459 e. The summed E-state index contributed by atoms with van der Waals surface area (Å²) in [4.78, 5) is 3.97. The normalized spacial score (nSPS) is 18.2. The molecule has 2 heterocycles. The number of aromatic nitrogens is 1. The van der Waals surface area contributed by atoms with E-state index in [1.54, 1.807) is 12.1 Å². The lowest BCUT2D eigenvalue weighted by Gasteiger charge is -2.22. The van der Waals surface area contributed by atoms with E-state index in [0.29, 0.717) is 4.47 Å². The van der Waals surface area contributed by atoms with Gasteiger partial charge in [0.05, 0.1) is 28.9 Å². The van der Waals surface area contributed by atoms with Crippen molar-refractivity contribution in [2.75, 3.05) is 11.6 Å². The van der Waals surface area contributed by atoms with Crippen LogP contribution >= 0.6 is 27.5 Å². The van der Waals surface area contributed by atoms with Gasteiger partial charge in [-0.25, -0.2) is 0 Å². The van der Waals surface area contributed by atoms with Gasteiger partial charge in [-0.15, -0.1) is 0 Å². The van der Waals surface area contributed by atoms with Crippen molar-refractivity contribution < 1.29 is 22.0 Å². The van der Waals surface area contributed by atoms with Crippen LogP contribution in [0.5, 0.6) is 0 Å². The minimum absolute atomic E-state index is 0.0606. The second-order valence-electron chi connectivity index (χ2n) is 5.54. The first-order valence-electron chi connectivity index (χ1n) is 7.28. The molecule has 0 saturated heterocycles. The zero-order valence-corrected chi connectivity index (χ0v) is 15.2. The summed E-state index contributed by atoms with van der Waals surface area (Å²) in [5, 5.41) is 4.82. The summed E-state index contributed by atoms with van der Waals surface area (Å²) in [6.45, 7) is -0.237. The Morgan fingerprint density at radius 1 is 1.08 bits per heavy atom. The van der Waals surface area contributed by atoms with Crippen LogP contribution in [0.1, 0.15) is 11.6 Å². The van der Waals surface area contributed by atoms with Crippen molar-refractivity contribution >= 4 is 38.9 Å². The minimum atomic E-state index is -5.77. The van der Waals surface area contributed by atoms with E-state index in [-0.39, 0.29) is 22.9 Å². The molecule has 1 aromatic heterocycles. The van der Waals surface area contributed by atoms with Crippen molar-refractivity contribution in [3.63, 3.8) is 0 Å². The van der Waals surface area contributed by atoms with Gasteiger partial charge in [0, 0.05) is 10.7 Å². The summed E-state index contributed by atoms with van der Waals surface area (Å²) in [6.07, 6.45) is -4.44. The van der Waals surface area contributed by atoms with E-state index >= 15 is 0 Å². The largest absolute Gasteiger partial charge is 0.459 e. The van der Waals surface area contributed by atoms with Gasteiger partial charge in [-0.1, -0.05) is 23.7 Å². The van der Waals surface area contributed by atoms with Crippen LogP contribution in [-0.4, -0.2) is 29.3 Å². The van der Waals surface area contributed by atoms with Gasteiger partial charge in [0.25, 0.3) is 0 Å². The van der Waals surface area contributed by atoms with E-state index in [4.69, 9.17) is 11.6 Å². The first-order chi connectivity index (χ1) is 12.1. The van der Waals surface area contributed by atoms with Gasteiger partial charge in [0.1, 0.15) is 5.71 Å². The molecule has 3 nitrogen and oxygen atoms in total. The van der Waals surface area contributed by atoms with E-state index in [9.17, 15) is 22.0 Å². The summed E-state index contributed by atoms with van der Waals surface area (Å²) in [6, 6.07) is 9.09. The second-order valence-corrected chi connectivity index (χ2v) is 6.87. The molecule has 1 unspecified atom stereocenters. The molecule has 0 spiro atoms. The number of benzene rings is 1. The first-order valence-corrected chi connectivity index (χ1v) is 8.45. The number of hydrazone groups is 1. The third-order valence-corrected chi connectivity index (χ3v) is 4.62. The fourth-order valence-electron chi connectivity index (χ4n) is 2.57. The summed E-state index contributed by atoms with van der Waals surface area (Å²) in [5.74, 6) is -6.43. The summed E-state index contributed by atoms with van der Waals surface area (Å²) < 4.78 is 67.6. The molecule has 0 bridgehead atoms. The van der Waals surface area contributed by atoms with E-state index in [1.165, 1.54) is 30.5 Å². The zero-order valence-electron chi connectivity index (χ0n) is 12.8. The molecule has 0 amide bonds. The lowest BCUT2D eigenvalue weighted by molar-refractivity contribution is -0.249. The van der Waals surface area contributed by atoms with Gasteiger partial charge < -0.3 is 0 Å². The number of anilines is 1. The molecule has 138 valence electrons. The molecule has 1 aliphatic heterocycles. The van der Waals surface area contributed by atoms with Crippen LogP contribution in [0.3, 0.4) is 0 Å². The molecule has 0 aliphatic carbocycles. The van der Waals surface area contributed by atoms with Crippen LogP contribution in [0, 0.1) is 0 Å². The summed E-state index contributed by atoms with van der Waals surface area (Å²) in [7, 11) is 0. The monoisotopic (exact) mass is 453 g/mol. The lowest BCUT2D eigenvalue weighted by atomic mass is 9.94. The van der Waals surface area contributed by atoms with Crippen LogP contribution in [0.15, 0.2) is 52.2 Å². The Kier molecular flexibility index (Phi) is 4.96. The average molecular weight is 455 g/mol. The van der Waals surface area contributed by atoms with Crippen LogP contribution in [0.4, 0.5) is 27.6 Å². The Bertz CT molecular complexity index is 839. The Morgan fingerprint density at radius 2 is 1.77 bits per heavy atom. The zero-order chi connectivity index (χ0) is 19.1. The van der Waals surface area contributed by atoms with Crippen LogP contribution < -0.4 is 5.01 Å². The fourth-order valence-corrected chi connectivity index (χ4v) is 3.03. The Labute approximate surface area is 158 Å². The summed E-state index contributed by atoms with van der Waals surface area (Å²) >= 11 is 9.18. The minimum Gasteiger partial charge on any atom is -0.263 e. The van der Waals surface area contributed by atoms with E-state index in [1.807, 2.05) is 0 Å². The smallest absolute Gasteiger partial charge is 0.263 e. The Morgan fingerprint density at radius 3 is 2.35 bits per heavy atom. The molecule has 0 radical (unpaired) electrons. The molecule has 0 fully saturated rings. The number of para-hydroxylation sites is 1. The molecule has 3 rings (SSSR count). The second kappa shape index (κ2) is 6.77. The number of halogens is 7. The fraction of sp³-hybridized carbons (Fsp3) is 0.250. The van der Waals surface area contributed by atoms with Crippen LogP contribution in [0.2, 0.25) is 5.02 Å². The lowest BCUT2D eigenvalue weighted by Crippen LogP contribution is -2.46. The quantitative estimate of drug-likeness (QED) is 0.560. The molecule has 0 N–H and O–H groups in total. The maximum absolute atomic E-state index is 14.1.